The number of amides is 1. The van der Waals surface area contributed by atoms with Gasteiger partial charge in [-0.3, -0.25) is 4.79 Å². The van der Waals surface area contributed by atoms with Crippen LogP contribution in [-0.4, -0.2) is 11.9 Å². The van der Waals surface area contributed by atoms with Crippen molar-refractivity contribution >= 4 is 5.91 Å². The third-order valence-electron chi connectivity index (χ3n) is 2.55. The van der Waals surface area contributed by atoms with Crippen molar-refractivity contribution < 1.29 is 4.79 Å². The van der Waals surface area contributed by atoms with E-state index in [2.05, 4.69) is 18.3 Å². The minimum Gasteiger partial charge on any atom is -0.340 e. The zero-order valence-electron chi connectivity index (χ0n) is 8.37. The smallest absolute Gasteiger partial charge is 0.224 e. The van der Waals surface area contributed by atoms with Gasteiger partial charge in [-0.25, -0.2) is 0 Å². The van der Waals surface area contributed by atoms with Crippen molar-refractivity contribution in [3.05, 3.63) is 0 Å². The van der Waals surface area contributed by atoms with Crippen LogP contribution >= 0.6 is 0 Å². The average molecular weight is 180 g/mol. The highest BCUT2D eigenvalue weighted by atomic mass is 16.2. The van der Waals surface area contributed by atoms with Gasteiger partial charge >= 0.3 is 0 Å². The zero-order valence-corrected chi connectivity index (χ0v) is 8.37. The Morgan fingerprint density at radius 1 is 1.62 bits per heavy atom. The molecule has 0 aromatic carbocycles. The number of nitriles is 1. The standard InChI is InChI=1S/C10H16N2O/c1-6(2)9(5-11)12-10(13)8-4-7(8)3/h6-9H,4H2,1-3H3,(H,12,13)/t7-,8-,9-/m0/s1. The van der Waals surface area contributed by atoms with Crippen LogP contribution in [-0.2, 0) is 4.79 Å². The molecule has 1 saturated carbocycles. The molecule has 0 aliphatic heterocycles. The number of hydrogen-bond donors (Lipinski definition) is 1. The Balaban J connectivity index is 2.39. The number of rotatable bonds is 3. The Kier molecular flexibility index (Phi) is 2.92. The molecule has 0 spiro atoms. The van der Waals surface area contributed by atoms with Crippen molar-refractivity contribution in [3.63, 3.8) is 0 Å². The van der Waals surface area contributed by atoms with E-state index < -0.39 is 0 Å². The summed E-state index contributed by atoms with van der Waals surface area (Å²) in [6, 6.07) is 1.76. The molecule has 1 fully saturated rings. The van der Waals surface area contributed by atoms with Crippen molar-refractivity contribution in [1.29, 1.82) is 5.26 Å². The molecule has 1 aliphatic carbocycles. The molecule has 1 N–H and O–H groups in total. The number of hydrogen-bond acceptors (Lipinski definition) is 2. The largest absolute Gasteiger partial charge is 0.340 e. The second-order valence-electron chi connectivity index (χ2n) is 4.18. The molecule has 3 atom stereocenters. The normalized spacial score (nSPS) is 27.9. The van der Waals surface area contributed by atoms with Crippen LogP contribution in [0.15, 0.2) is 0 Å². The molecule has 0 heterocycles. The molecule has 0 aromatic heterocycles. The number of carbonyl (C=O) groups is 1. The van der Waals surface area contributed by atoms with Crippen molar-refractivity contribution in [1.82, 2.24) is 5.32 Å². The SMILES string of the molecule is CC(C)[C@H](C#N)NC(=O)[C@H]1C[C@@H]1C. The van der Waals surface area contributed by atoms with E-state index in [4.69, 9.17) is 5.26 Å². The molecule has 72 valence electrons. The Labute approximate surface area is 79.1 Å². The molecule has 1 aliphatic rings. The van der Waals surface area contributed by atoms with Gasteiger partial charge in [0, 0.05) is 5.92 Å². The summed E-state index contributed by atoms with van der Waals surface area (Å²) in [5.41, 5.74) is 0. The maximum absolute atomic E-state index is 11.4. The first kappa shape index (κ1) is 10.0. The molecule has 3 nitrogen and oxygen atoms in total. The number of carbonyl (C=O) groups excluding carboxylic acids is 1. The molecule has 0 aromatic rings. The maximum Gasteiger partial charge on any atom is 0.224 e. The second kappa shape index (κ2) is 3.78. The molecular weight excluding hydrogens is 164 g/mol. The second-order valence-corrected chi connectivity index (χ2v) is 4.18. The average Bonchev–Trinajstić information content (AvgIpc) is 2.77. The van der Waals surface area contributed by atoms with E-state index in [0.717, 1.165) is 6.42 Å². The van der Waals surface area contributed by atoms with Crippen molar-refractivity contribution in [2.45, 2.75) is 33.2 Å². The first-order valence-electron chi connectivity index (χ1n) is 4.76. The summed E-state index contributed by atoms with van der Waals surface area (Å²) in [6.45, 7) is 5.93. The van der Waals surface area contributed by atoms with Crippen LogP contribution in [0.5, 0.6) is 0 Å². The van der Waals surface area contributed by atoms with Gasteiger partial charge in [-0.05, 0) is 18.3 Å². The predicted molar refractivity (Wildman–Crippen MR) is 49.7 cm³/mol. The van der Waals surface area contributed by atoms with Crippen molar-refractivity contribution in [3.8, 4) is 6.07 Å². The van der Waals surface area contributed by atoms with Gasteiger partial charge in [-0.1, -0.05) is 20.8 Å². The fraction of sp³-hybridized carbons (Fsp3) is 0.800. The predicted octanol–water partition coefficient (Wildman–Crippen LogP) is 1.31. The Morgan fingerprint density at radius 2 is 2.15 bits per heavy atom. The van der Waals surface area contributed by atoms with Gasteiger partial charge < -0.3 is 5.32 Å². The van der Waals surface area contributed by atoms with Gasteiger partial charge in [0.15, 0.2) is 0 Å². The summed E-state index contributed by atoms with van der Waals surface area (Å²) in [4.78, 5) is 11.4. The highest BCUT2D eigenvalue weighted by Crippen LogP contribution is 2.37. The summed E-state index contributed by atoms with van der Waals surface area (Å²) in [5.74, 6) is 0.900. The third kappa shape index (κ3) is 2.45. The minimum atomic E-state index is -0.333. The van der Waals surface area contributed by atoms with Gasteiger partial charge in [0.2, 0.25) is 5.91 Å². The molecule has 0 bridgehead atoms. The minimum absolute atomic E-state index is 0.0488. The molecule has 3 heteroatoms. The van der Waals surface area contributed by atoms with Gasteiger partial charge in [0.1, 0.15) is 6.04 Å². The quantitative estimate of drug-likeness (QED) is 0.711. The van der Waals surface area contributed by atoms with E-state index in [1.54, 1.807) is 0 Å². The van der Waals surface area contributed by atoms with E-state index >= 15 is 0 Å². The summed E-state index contributed by atoms with van der Waals surface area (Å²) in [7, 11) is 0. The molecule has 1 rings (SSSR count). The first-order chi connectivity index (χ1) is 6.06. The summed E-state index contributed by atoms with van der Waals surface area (Å²) < 4.78 is 0. The highest BCUT2D eigenvalue weighted by molar-refractivity contribution is 5.82. The van der Waals surface area contributed by atoms with E-state index in [0.29, 0.717) is 5.92 Å². The lowest BCUT2D eigenvalue weighted by atomic mass is 10.1. The van der Waals surface area contributed by atoms with Gasteiger partial charge in [-0.15, -0.1) is 0 Å². The van der Waals surface area contributed by atoms with Gasteiger partial charge in [0.05, 0.1) is 6.07 Å². The zero-order chi connectivity index (χ0) is 10.0. The van der Waals surface area contributed by atoms with Crippen LogP contribution in [0.25, 0.3) is 0 Å². The maximum atomic E-state index is 11.4. The van der Waals surface area contributed by atoms with E-state index in [1.807, 2.05) is 13.8 Å². The molecule has 0 radical (unpaired) electrons. The summed E-state index contributed by atoms with van der Waals surface area (Å²) in [5, 5.41) is 11.5. The van der Waals surface area contributed by atoms with Crippen LogP contribution in [0.1, 0.15) is 27.2 Å². The van der Waals surface area contributed by atoms with Crippen LogP contribution < -0.4 is 5.32 Å². The Hall–Kier alpha value is -1.04. The fourth-order valence-corrected chi connectivity index (χ4v) is 1.30. The molecule has 1 amide bonds. The van der Waals surface area contributed by atoms with Crippen LogP contribution in [0.4, 0.5) is 0 Å². The van der Waals surface area contributed by atoms with Gasteiger partial charge in [0.25, 0.3) is 0 Å². The number of nitrogens with one attached hydrogen (secondary N) is 1. The Bertz CT molecular complexity index is 242. The lowest BCUT2D eigenvalue weighted by molar-refractivity contribution is -0.123. The topological polar surface area (TPSA) is 52.9 Å². The van der Waals surface area contributed by atoms with Crippen LogP contribution in [0.2, 0.25) is 0 Å². The third-order valence-corrected chi connectivity index (χ3v) is 2.55. The lowest BCUT2D eigenvalue weighted by Gasteiger charge is -2.14. The molecule has 13 heavy (non-hydrogen) atoms. The van der Waals surface area contributed by atoms with Crippen molar-refractivity contribution in [2.24, 2.45) is 17.8 Å². The number of nitrogens with zero attached hydrogens (tertiary/aromatic N) is 1. The Morgan fingerprint density at radius 3 is 2.46 bits per heavy atom. The van der Waals surface area contributed by atoms with Gasteiger partial charge in [-0.2, -0.15) is 5.26 Å². The van der Waals surface area contributed by atoms with Crippen LogP contribution in [0, 0.1) is 29.1 Å². The molecule has 0 unspecified atom stereocenters. The van der Waals surface area contributed by atoms with E-state index in [9.17, 15) is 4.79 Å². The molecular formula is C10H16N2O. The van der Waals surface area contributed by atoms with Crippen molar-refractivity contribution in [2.75, 3.05) is 0 Å². The van der Waals surface area contributed by atoms with Crippen LogP contribution in [0.3, 0.4) is 0 Å². The lowest BCUT2D eigenvalue weighted by Crippen LogP contribution is -2.38. The summed E-state index contributed by atoms with van der Waals surface area (Å²) in [6.07, 6.45) is 0.974. The summed E-state index contributed by atoms with van der Waals surface area (Å²) >= 11 is 0. The monoisotopic (exact) mass is 180 g/mol. The first-order valence-corrected chi connectivity index (χ1v) is 4.76. The highest BCUT2D eigenvalue weighted by Gasteiger charge is 2.39. The van der Waals surface area contributed by atoms with E-state index in [-0.39, 0.29) is 23.8 Å². The molecule has 0 saturated heterocycles. The van der Waals surface area contributed by atoms with E-state index in [1.165, 1.54) is 0 Å². The fourth-order valence-electron chi connectivity index (χ4n) is 1.30.